The Morgan fingerprint density at radius 2 is 2.17 bits per heavy atom. The Labute approximate surface area is 193 Å². The van der Waals surface area contributed by atoms with Gasteiger partial charge in [0, 0.05) is 44.6 Å². The first kappa shape index (κ1) is 22.4. The van der Waals surface area contributed by atoms with E-state index in [0.29, 0.717) is 12.0 Å². The van der Waals surface area contributed by atoms with Gasteiger partial charge >= 0.3 is 0 Å². The van der Waals surface area contributed by atoms with E-state index in [9.17, 15) is 0 Å². The molecular weight excluding hydrogens is 493 g/mol. The lowest BCUT2D eigenvalue weighted by Crippen LogP contribution is -2.47. The standard InChI is InChI=1S/C20H29N9.HI/c1-14(2)19-24-16-10-9-15(13-29(16)27-19)23-20(21-3)22-11-6-8-18-26-25-17-7-4-5-12-28(17)18;/h4-5,7,12,14-15H,6,8-11,13H2,1-3H3,(H2,21,22,23);1H. The number of hydrogen-bond donors (Lipinski definition) is 2. The van der Waals surface area contributed by atoms with Crippen molar-refractivity contribution in [2.24, 2.45) is 4.99 Å². The molecule has 1 aliphatic heterocycles. The molecule has 1 unspecified atom stereocenters. The Morgan fingerprint density at radius 3 is 2.97 bits per heavy atom. The Kier molecular flexibility index (Phi) is 7.62. The van der Waals surface area contributed by atoms with Gasteiger partial charge in [-0.1, -0.05) is 19.9 Å². The molecule has 0 spiro atoms. The van der Waals surface area contributed by atoms with E-state index in [0.717, 1.165) is 67.9 Å². The van der Waals surface area contributed by atoms with E-state index in [2.05, 4.69) is 49.8 Å². The number of guanidine groups is 1. The number of aryl methyl sites for hydroxylation is 2. The lowest BCUT2D eigenvalue weighted by molar-refractivity contribution is 0.391. The summed E-state index contributed by atoms with van der Waals surface area (Å²) < 4.78 is 4.08. The number of nitrogens with zero attached hydrogens (tertiary/aromatic N) is 7. The summed E-state index contributed by atoms with van der Waals surface area (Å²) in [4.78, 5) is 9.03. The summed E-state index contributed by atoms with van der Waals surface area (Å²) in [7, 11) is 1.81. The molecular formula is C20H30IN9. The van der Waals surface area contributed by atoms with Crippen LogP contribution in [0.25, 0.3) is 5.65 Å². The van der Waals surface area contributed by atoms with Gasteiger partial charge in [-0.05, 0) is 25.0 Å². The second kappa shape index (κ2) is 10.2. The minimum absolute atomic E-state index is 0. The lowest BCUT2D eigenvalue weighted by Gasteiger charge is -2.25. The molecule has 4 heterocycles. The number of rotatable bonds is 6. The molecule has 1 aliphatic rings. The maximum Gasteiger partial charge on any atom is 0.191 e. The molecule has 10 heteroatoms. The van der Waals surface area contributed by atoms with Crippen LogP contribution in [0.2, 0.25) is 0 Å². The molecule has 30 heavy (non-hydrogen) atoms. The van der Waals surface area contributed by atoms with Crippen LogP contribution < -0.4 is 10.6 Å². The van der Waals surface area contributed by atoms with E-state index < -0.39 is 0 Å². The van der Waals surface area contributed by atoms with Gasteiger partial charge in [0.1, 0.15) is 11.6 Å². The van der Waals surface area contributed by atoms with Crippen LogP contribution in [0.5, 0.6) is 0 Å². The summed E-state index contributed by atoms with van der Waals surface area (Å²) in [6.45, 7) is 5.90. The molecule has 0 amide bonds. The Hall–Kier alpha value is -2.24. The average molecular weight is 523 g/mol. The summed E-state index contributed by atoms with van der Waals surface area (Å²) in [6, 6.07) is 6.24. The molecule has 2 N–H and O–H groups in total. The Morgan fingerprint density at radius 1 is 1.30 bits per heavy atom. The molecule has 4 rings (SSSR count). The highest BCUT2D eigenvalue weighted by Crippen LogP contribution is 2.17. The van der Waals surface area contributed by atoms with Gasteiger partial charge in [0.25, 0.3) is 0 Å². The largest absolute Gasteiger partial charge is 0.356 e. The van der Waals surface area contributed by atoms with Crippen molar-refractivity contribution in [2.75, 3.05) is 13.6 Å². The van der Waals surface area contributed by atoms with Crippen molar-refractivity contribution < 1.29 is 0 Å². The number of fused-ring (bicyclic) bond motifs is 2. The predicted molar refractivity (Wildman–Crippen MR) is 127 cm³/mol. The minimum atomic E-state index is 0. The molecule has 0 saturated carbocycles. The topological polar surface area (TPSA) is 97.3 Å². The smallest absolute Gasteiger partial charge is 0.191 e. The first-order chi connectivity index (χ1) is 14.1. The maximum atomic E-state index is 4.66. The van der Waals surface area contributed by atoms with Crippen molar-refractivity contribution in [1.82, 2.24) is 40.0 Å². The molecule has 162 valence electrons. The number of aliphatic imine (C=N–C) groups is 1. The lowest BCUT2D eigenvalue weighted by atomic mass is 10.1. The molecule has 1 atom stereocenters. The molecule has 3 aromatic rings. The second-order valence-corrected chi connectivity index (χ2v) is 7.75. The highest BCUT2D eigenvalue weighted by atomic mass is 127. The van der Waals surface area contributed by atoms with Gasteiger partial charge in [0.05, 0.1) is 6.54 Å². The summed E-state index contributed by atoms with van der Waals surface area (Å²) >= 11 is 0. The van der Waals surface area contributed by atoms with E-state index in [1.54, 1.807) is 0 Å². The van der Waals surface area contributed by atoms with Crippen LogP contribution in [0.1, 0.15) is 50.1 Å². The van der Waals surface area contributed by atoms with Gasteiger partial charge in [0.15, 0.2) is 17.4 Å². The van der Waals surface area contributed by atoms with Crippen molar-refractivity contribution in [2.45, 2.75) is 58.0 Å². The van der Waals surface area contributed by atoms with Crippen molar-refractivity contribution in [3.05, 3.63) is 41.9 Å². The molecule has 0 bridgehead atoms. The van der Waals surface area contributed by atoms with E-state index in [1.807, 2.05) is 40.5 Å². The molecule has 0 fully saturated rings. The first-order valence-corrected chi connectivity index (χ1v) is 10.3. The van der Waals surface area contributed by atoms with Crippen molar-refractivity contribution in [3.63, 3.8) is 0 Å². The summed E-state index contributed by atoms with van der Waals surface area (Å²) in [5.41, 5.74) is 0.887. The SMILES string of the molecule is CN=C(NCCCc1nnc2ccccn12)NC1CCc2nc(C(C)C)nn2C1.I. The number of aromatic nitrogens is 6. The van der Waals surface area contributed by atoms with E-state index >= 15 is 0 Å². The quantitative estimate of drug-likeness (QED) is 0.223. The van der Waals surface area contributed by atoms with Crippen molar-refractivity contribution in [3.8, 4) is 0 Å². The fraction of sp³-hybridized carbons (Fsp3) is 0.550. The van der Waals surface area contributed by atoms with Crippen LogP contribution in [-0.4, -0.2) is 55.0 Å². The van der Waals surface area contributed by atoms with Crippen LogP contribution >= 0.6 is 24.0 Å². The third kappa shape index (κ3) is 5.08. The first-order valence-electron chi connectivity index (χ1n) is 10.3. The molecule has 0 radical (unpaired) electrons. The van der Waals surface area contributed by atoms with Crippen LogP contribution in [0.3, 0.4) is 0 Å². The van der Waals surface area contributed by atoms with Gasteiger partial charge in [-0.3, -0.25) is 9.39 Å². The van der Waals surface area contributed by atoms with E-state index in [-0.39, 0.29) is 24.0 Å². The molecule has 0 saturated heterocycles. The van der Waals surface area contributed by atoms with Crippen LogP contribution in [0.15, 0.2) is 29.4 Å². The van der Waals surface area contributed by atoms with E-state index in [4.69, 9.17) is 0 Å². The van der Waals surface area contributed by atoms with Gasteiger partial charge in [-0.15, -0.1) is 34.2 Å². The fourth-order valence-electron chi connectivity index (χ4n) is 3.59. The normalized spacial score (nSPS) is 16.4. The molecule has 9 nitrogen and oxygen atoms in total. The van der Waals surface area contributed by atoms with Crippen LogP contribution in [-0.2, 0) is 19.4 Å². The minimum Gasteiger partial charge on any atom is -0.356 e. The zero-order valence-electron chi connectivity index (χ0n) is 17.7. The summed E-state index contributed by atoms with van der Waals surface area (Å²) in [5.74, 6) is 4.20. The van der Waals surface area contributed by atoms with Gasteiger partial charge in [-0.25, -0.2) is 9.67 Å². The highest BCUT2D eigenvalue weighted by Gasteiger charge is 2.23. The Balaban J connectivity index is 0.00000256. The van der Waals surface area contributed by atoms with Crippen molar-refractivity contribution >= 4 is 35.6 Å². The van der Waals surface area contributed by atoms with Crippen molar-refractivity contribution in [1.29, 1.82) is 0 Å². The highest BCUT2D eigenvalue weighted by molar-refractivity contribution is 14.0. The fourth-order valence-corrected chi connectivity index (χ4v) is 3.59. The number of pyridine rings is 1. The Bertz CT molecular complexity index is 991. The zero-order valence-corrected chi connectivity index (χ0v) is 20.1. The van der Waals surface area contributed by atoms with Gasteiger partial charge in [0.2, 0.25) is 0 Å². The monoisotopic (exact) mass is 523 g/mol. The molecule has 0 aliphatic carbocycles. The van der Waals surface area contributed by atoms with Gasteiger partial charge in [-0.2, -0.15) is 5.10 Å². The second-order valence-electron chi connectivity index (χ2n) is 7.75. The van der Waals surface area contributed by atoms with E-state index in [1.165, 1.54) is 0 Å². The van der Waals surface area contributed by atoms with Crippen LogP contribution in [0, 0.1) is 0 Å². The average Bonchev–Trinajstić information content (AvgIpc) is 3.34. The van der Waals surface area contributed by atoms with Gasteiger partial charge < -0.3 is 10.6 Å². The predicted octanol–water partition coefficient (Wildman–Crippen LogP) is 2.17. The zero-order chi connectivity index (χ0) is 20.2. The third-order valence-electron chi connectivity index (χ3n) is 5.21. The van der Waals surface area contributed by atoms with Crippen LogP contribution in [0.4, 0.5) is 0 Å². The maximum absolute atomic E-state index is 4.66. The third-order valence-corrected chi connectivity index (χ3v) is 5.21. The summed E-state index contributed by atoms with van der Waals surface area (Å²) in [5, 5.41) is 20.1. The summed E-state index contributed by atoms with van der Waals surface area (Å²) in [6.07, 6.45) is 5.78. The molecule has 3 aromatic heterocycles. The number of halogens is 1. The number of nitrogens with one attached hydrogen (secondary N) is 2. The number of hydrogen-bond acceptors (Lipinski definition) is 5. The molecule has 0 aromatic carbocycles.